The average Bonchev–Trinajstić information content (AvgIpc) is 2.97. The van der Waals surface area contributed by atoms with Crippen LogP contribution in [0.1, 0.15) is 73.1 Å². The third kappa shape index (κ3) is 4.04. The fourth-order valence-electron chi connectivity index (χ4n) is 3.81. The number of benzene rings is 1. The highest BCUT2D eigenvalue weighted by atomic mass is 35.5. The number of halogens is 1. The summed E-state index contributed by atoms with van der Waals surface area (Å²) < 4.78 is 0. The number of hydrogen-bond donors (Lipinski definition) is 1. The lowest BCUT2D eigenvalue weighted by Crippen LogP contribution is -2.31. The van der Waals surface area contributed by atoms with Gasteiger partial charge in [0.2, 0.25) is 5.91 Å². The zero-order valence-electron chi connectivity index (χ0n) is 16.6. The normalized spacial score (nSPS) is 17.4. The Morgan fingerprint density at radius 1 is 1.32 bits per heavy atom. The molecule has 2 amide bonds. The standard InChI is InChI=1S/C19H18ClN3O2.C3H8/c1-11(24)22-17-4-2-3-15-16(17)8-21-9-18(15)23-10-12-7-13(20)5-6-14(12)19(23)25;1-3-2/h5-9,17H,2-4,10H2,1H3,(H,22,24);3H2,1-2H3/t17-;/m0./s1. The van der Waals surface area contributed by atoms with Gasteiger partial charge < -0.3 is 10.2 Å². The van der Waals surface area contributed by atoms with E-state index in [1.807, 2.05) is 12.3 Å². The maximum Gasteiger partial charge on any atom is 0.258 e. The van der Waals surface area contributed by atoms with Crippen LogP contribution in [0.5, 0.6) is 0 Å². The first-order valence-corrected chi connectivity index (χ1v) is 10.2. The van der Waals surface area contributed by atoms with E-state index in [4.69, 9.17) is 11.6 Å². The second kappa shape index (κ2) is 8.74. The molecule has 0 saturated heterocycles. The number of amides is 2. The molecule has 0 unspecified atom stereocenters. The van der Waals surface area contributed by atoms with Crippen LogP contribution < -0.4 is 10.2 Å². The van der Waals surface area contributed by atoms with Gasteiger partial charge >= 0.3 is 0 Å². The molecule has 28 heavy (non-hydrogen) atoms. The molecule has 0 saturated carbocycles. The number of hydrogen-bond acceptors (Lipinski definition) is 3. The summed E-state index contributed by atoms with van der Waals surface area (Å²) in [6, 6.07) is 5.33. The molecule has 1 aliphatic carbocycles. The lowest BCUT2D eigenvalue weighted by Gasteiger charge is -2.29. The van der Waals surface area contributed by atoms with E-state index in [1.165, 1.54) is 13.3 Å². The van der Waals surface area contributed by atoms with E-state index in [-0.39, 0.29) is 17.9 Å². The minimum atomic E-state index is -0.0532. The van der Waals surface area contributed by atoms with Crippen molar-refractivity contribution in [3.8, 4) is 0 Å². The molecule has 1 aliphatic heterocycles. The van der Waals surface area contributed by atoms with E-state index in [9.17, 15) is 9.59 Å². The molecular weight excluding hydrogens is 374 g/mol. The summed E-state index contributed by atoms with van der Waals surface area (Å²) in [5.74, 6) is -0.0777. The van der Waals surface area contributed by atoms with Gasteiger partial charge in [-0.1, -0.05) is 31.9 Å². The van der Waals surface area contributed by atoms with Gasteiger partial charge in [-0.25, -0.2) is 0 Å². The van der Waals surface area contributed by atoms with Crippen LogP contribution in [0, 0.1) is 0 Å². The number of rotatable bonds is 2. The summed E-state index contributed by atoms with van der Waals surface area (Å²) in [6.45, 7) is 6.27. The van der Waals surface area contributed by atoms with Crippen LogP contribution in [-0.4, -0.2) is 16.8 Å². The number of nitrogens with one attached hydrogen (secondary N) is 1. The quantitative estimate of drug-likeness (QED) is 0.786. The summed E-state index contributed by atoms with van der Waals surface area (Å²) in [5, 5.41) is 3.62. The Bertz CT molecular complexity index is 897. The van der Waals surface area contributed by atoms with Crippen LogP contribution in [-0.2, 0) is 17.8 Å². The topological polar surface area (TPSA) is 62.3 Å². The van der Waals surface area contributed by atoms with Crippen LogP contribution in [0.4, 0.5) is 5.69 Å². The molecule has 1 atom stereocenters. The smallest absolute Gasteiger partial charge is 0.258 e. The van der Waals surface area contributed by atoms with Crippen molar-refractivity contribution in [1.29, 1.82) is 0 Å². The van der Waals surface area contributed by atoms with Crippen molar-refractivity contribution < 1.29 is 9.59 Å². The highest BCUT2D eigenvalue weighted by Gasteiger charge is 2.32. The molecule has 1 aromatic heterocycles. The summed E-state index contributed by atoms with van der Waals surface area (Å²) in [5.41, 5.74) is 4.58. The zero-order valence-corrected chi connectivity index (χ0v) is 17.3. The van der Waals surface area contributed by atoms with Gasteiger partial charge in [-0.05, 0) is 54.2 Å². The first-order chi connectivity index (χ1) is 13.5. The third-order valence-corrected chi connectivity index (χ3v) is 5.14. The Morgan fingerprint density at radius 2 is 2.07 bits per heavy atom. The molecule has 2 heterocycles. The lowest BCUT2D eigenvalue weighted by molar-refractivity contribution is -0.119. The highest BCUT2D eigenvalue weighted by Crippen LogP contribution is 2.38. The molecule has 2 aromatic rings. The first kappa shape index (κ1) is 20.3. The van der Waals surface area contributed by atoms with E-state index in [2.05, 4.69) is 24.1 Å². The summed E-state index contributed by atoms with van der Waals surface area (Å²) in [4.78, 5) is 30.4. The van der Waals surface area contributed by atoms with Gasteiger partial charge in [0.05, 0.1) is 24.5 Å². The minimum absolute atomic E-state index is 0.0245. The maximum atomic E-state index is 12.8. The second-order valence-corrected chi connectivity index (χ2v) is 7.71. The number of carbonyl (C=O) groups is 2. The molecule has 0 fully saturated rings. The van der Waals surface area contributed by atoms with Crippen LogP contribution in [0.2, 0.25) is 5.02 Å². The number of aromatic nitrogens is 1. The Morgan fingerprint density at radius 3 is 2.79 bits per heavy atom. The molecule has 2 aliphatic rings. The van der Waals surface area contributed by atoms with Crippen LogP contribution in [0.15, 0.2) is 30.6 Å². The molecular formula is C22H26ClN3O2. The Balaban J connectivity index is 0.000000706. The van der Waals surface area contributed by atoms with Crippen molar-refractivity contribution in [2.75, 3.05) is 4.90 Å². The number of nitrogens with zero attached hydrogens (tertiary/aromatic N) is 2. The van der Waals surface area contributed by atoms with E-state index in [0.717, 1.165) is 41.6 Å². The lowest BCUT2D eigenvalue weighted by atomic mass is 9.88. The van der Waals surface area contributed by atoms with Crippen molar-refractivity contribution in [3.63, 3.8) is 0 Å². The Kier molecular flexibility index (Phi) is 6.35. The van der Waals surface area contributed by atoms with Crippen molar-refractivity contribution in [2.45, 2.75) is 59.0 Å². The third-order valence-electron chi connectivity index (χ3n) is 4.90. The number of anilines is 1. The number of carbonyl (C=O) groups excluding carboxylic acids is 2. The molecule has 5 nitrogen and oxygen atoms in total. The first-order valence-electron chi connectivity index (χ1n) is 9.80. The predicted molar refractivity (Wildman–Crippen MR) is 112 cm³/mol. The molecule has 1 aromatic carbocycles. The number of pyridine rings is 1. The Hall–Kier alpha value is -2.40. The van der Waals surface area contributed by atoms with Gasteiger partial charge in [-0.15, -0.1) is 0 Å². The summed E-state index contributed by atoms with van der Waals surface area (Å²) in [6.07, 6.45) is 7.55. The Labute approximate surface area is 171 Å². The van der Waals surface area contributed by atoms with E-state index < -0.39 is 0 Å². The van der Waals surface area contributed by atoms with Gasteiger partial charge in [0.15, 0.2) is 0 Å². The van der Waals surface area contributed by atoms with Crippen molar-refractivity contribution in [3.05, 3.63) is 57.9 Å². The zero-order chi connectivity index (χ0) is 20.3. The summed E-state index contributed by atoms with van der Waals surface area (Å²) >= 11 is 6.07. The van der Waals surface area contributed by atoms with Gasteiger partial charge in [-0.3, -0.25) is 14.6 Å². The second-order valence-electron chi connectivity index (χ2n) is 7.27. The molecule has 0 radical (unpaired) electrons. The molecule has 1 N–H and O–H groups in total. The molecule has 4 rings (SSSR count). The molecule has 0 spiro atoms. The van der Waals surface area contributed by atoms with Gasteiger partial charge in [-0.2, -0.15) is 0 Å². The average molecular weight is 400 g/mol. The number of fused-ring (bicyclic) bond motifs is 2. The van der Waals surface area contributed by atoms with Crippen LogP contribution in [0.3, 0.4) is 0 Å². The largest absolute Gasteiger partial charge is 0.349 e. The van der Waals surface area contributed by atoms with Crippen molar-refractivity contribution in [1.82, 2.24) is 10.3 Å². The maximum absolute atomic E-state index is 12.8. The minimum Gasteiger partial charge on any atom is -0.349 e. The van der Waals surface area contributed by atoms with Crippen LogP contribution >= 0.6 is 11.6 Å². The summed E-state index contributed by atoms with van der Waals surface area (Å²) in [7, 11) is 0. The van der Waals surface area contributed by atoms with E-state index >= 15 is 0 Å². The monoisotopic (exact) mass is 399 g/mol. The van der Waals surface area contributed by atoms with E-state index in [0.29, 0.717) is 17.1 Å². The van der Waals surface area contributed by atoms with Crippen molar-refractivity contribution in [2.24, 2.45) is 0 Å². The fourth-order valence-corrected chi connectivity index (χ4v) is 4.01. The molecule has 148 valence electrons. The predicted octanol–water partition coefficient (Wildman–Crippen LogP) is 4.83. The van der Waals surface area contributed by atoms with Crippen LogP contribution in [0.25, 0.3) is 0 Å². The SMILES string of the molecule is CC(=O)N[C@H]1CCCc2c1cncc2N1Cc2cc(Cl)ccc2C1=O.CCC. The molecule has 6 heteroatoms. The van der Waals surface area contributed by atoms with Crippen molar-refractivity contribution >= 4 is 29.1 Å². The van der Waals surface area contributed by atoms with Gasteiger partial charge in [0, 0.05) is 23.7 Å². The van der Waals surface area contributed by atoms with Gasteiger partial charge in [0.1, 0.15) is 0 Å². The fraction of sp³-hybridized carbons (Fsp3) is 0.409. The highest BCUT2D eigenvalue weighted by molar-refractivity contribution is 6.31. The molecule has 0 bridgehead atoms. The van der Waals surface area contributed by atoms with E-state index in [1.54, 1.807) is 23.2 Å². The van der Waals surface area contributed by atoms with Gasteiger partial charge in [0.25, 0.3) is 5.91 Å².